The third-order valence-corrected chi connectivity index (χ3v) is 7.19. The number of hydrogen-bond acceptors (Lipinski definition) is 6. The third-order valence-electron chi connectivity index (χ3n) is 7.19. The van der Waals surface area contributed by atoms with E-state index in [-0.39, 0.29) is 35.9 Å². The highest BCUT2D eigenvalue weighted by atomic mass is 16.3. The first-order chi connectivity index (χ1) is 18.9. The zero-order valence-corrected chi connectivity index (χ0v) is 21.8. The van der Waals surface area contributed by atoms with Crippen molar-refractivity contribution in [2.75, 3.05) is 4.90 Å². The lowest BCUT2D eigenvalue weighted by atomic mass is 9.94. The van der Waals surface area contributed by atoms with Crippen LogP contribution in [-0.4, -0.2) is 43.7 Å². The lowest BCUT2D eigenvalue weighted by molar-refractivity contribution is -0.127. The fraction of sp³-hybridized carbons (Fsp3) is 0.300. The molecule has 1 unspecified atom stereocenters. The molecule has 9 nitrogen and oxygen atoms in total. The lowest BCUT2D eigenvalue weighted by Crippen LogP contribution is -2.48. The molecule has 1 aromatic heterocycles. The van der Waals surface area contributed by atoms with Crippen molar-refractivity contribution in [2.45, 2.75) is 57.7 Å². The van der Waals surface area contributed by atoms with Gasteiger partial charge in [0.05, 0.1) is 5.52 Å². The van der Waals surface area contributed by atoms with Crippen molar-refractivity contribution in [2.24, 2.45) is 0 Å². The molecule has 0 spiro atoms. The number of anilines is 1. The molecule has 2 N–H and O–H groups in total. The van der Waals surface area contributed by atoms with Gasteiger partial charge in [-0.25, -0.2) is 4.68 Å². The number of amides is 2. The Bertz CT molecular complexity index is 1470. The van der Waals surface area contributed by atoms with Crippen LogP contribution in [0.1, 0.15) is 61.0 Å². The van der Waals surface area contributed by atoms with Gasteiger partial charge in [-0.1, -0.05) is 48.7 Å². The van der Waals surface area contributed by atoms with E-state index in [2.05, 4.69) is 15.6 Å². The lowest BCUT2D eigenvalue weighted by Gasteiger charge is -2.33. The standard InChI is InChI=1S/C30H31N5O4/c1-20(36)21-11-15-24(16-12-21)35(28(38)19-34-27-10-6-5-9-26(27)32-33-34)29(22-13-17-25(37)18-14-22)30(39)31-23-7-3-2-4-8-23/h5-6,9-18,23,29,37H,2-4,7-8,19H2,1H3,(H,31,39). The van der Waals surface area contributed by atoms with E-state index in [9.17, 15) is 19.5 Å². The third kappa shape index (κ3) is 5.82. The van der Waals surface area contributed by atoms with Crippen LogP contribution in [0.3, 0.4) is 0 Å². The van der Waals surface area contributed by atoms with E-state index in [0.29, 0.717) is 27.8 Å². The molecule has 2 amide bonds. The molecule has 5 rings (SSSR count). The molecule has 1 atom stereocenters. The summed E-state index contributed by atoms with van der Waals surface area (Å²) in [6.45, 7) is 1.32. The Morgan fingerprint density at radius 1 is 0.974 bits per heavy atom. The molecule has 0 bridgehead atoms. The van der Waals surface area contributed by atoms with Crippen LogP contribution < -0.4 is 10.2 Å². The van der Waals surface area contributed by atoms with Gasteiger partial charge in [-0.05, 0) is 73.9 Å². The monoisotopic (exact) mass is 525 g/mol. The summed E-state index contributed by atoms with van der Waals surface area (Å²) in [7, 11) is 0. The van der Waals surface area contributed by atoms with Crippen LogP contribution in [0.5, 0.6) is 5.75 Å². The van der Waals surface area contributed by atoms with Gasteiger partial charge in [0, 0.05) is 17.3 Å². The van der Waals surface area contributed by atoms with Crippen LogP contribution in [0.15, 0.2) is 72.8 Å². The number of aromatic nitrogens is 3. The van der Waals surface area contributed by atoms with Gasteiger partial charge in [-0.3, -0.25) is 19.3 Å². The Morgan fingerprint density at radius 3 is 2.36 bits per heavy atom. The summed E-state index contributed by atoms with van der Waals surface area (Å²) in [6.07, 6.45) is 5.01. The number of benzene rings is 3. The minimum absolute atomic E-state index is 0.0298. The van der Waals surface area contributed by atoms with Crippen LogP contribution in [0.4, 0.5) is 5.69 Å². The van der Waals surface area contributed by atoms with Crippen molar-refractivity contribution < 1.29 is 19.5 Å². The number of hydrogen-bond donors (Lipinski definition) is 2. The van der Waals surface area contributed by atoms with Crippen LogP contribution >= 0.6 is 0 Å². The number of phenols is 1. The van der Waals surface area contributed by atoms with Crippen LogP contribution in [0.2, 0.25) is 0 Å². The molecule has 0 saturated heterocycles. The number of ketones is 1. The van der Waals surface area contributed by atoms with Gasteiger partial charge in [-0.2, -0.15) is 0 Å². The Labute approximate surface area is 226 Å². The van der Waals surface area contributed by atoms with Gasteiger partial charge in [0.15, 0.2) is 5.78 Å². The van der Waals surface area contributed by atoms with Crippen molar-refractivity contribution in [3.8, 4) is 5.75 Å². The van der Waals surface area contributed by atoms with Crippen molar-refractivity contribution >= 4 is 34.3 Å². The van der Waals surface area contributed by atoms with Gasteiger partial charge in [0.1, 0.15) is 23.9 Å². The van der Waals surface area contributed by atoms with Gasteiger partial charge < -0.3 is 10.4 Å². The second kappa shape index (κ2) is 11.5. The second-order valence-corrected chi connectivity index (χ2v) is 9.94. The smallest absolute Gasteiger partial charge is 0.249 e. The molecule has 9 heteroatoms. The number of phenolic OH excluding ortho intramolecular Hbond substituents is 1. The van der Waals surface area contributed by atoms with Gasteiger partial charge in [0.2, 0.25) is 11.8 Å². The Kier molecular flexibility index (Phi) is 7.67. The molecule has 4 aromatic rings. The molecule has 1 fully saturated rings. The Balaban J connectivity index is 1.57. The average Bonchev–Trinajstić information content (AvgIpc) is 3.35. The molecule has 1 aliphatic carbocycles. The molecular formula is C30H31N5O4. The number of fused-ring (bicyclic) bond motifs is 1. The fourth-order valence-electron chi connectivity index (χ4n) is 5.13. The first-order valence-electron chi connectivity index (χ1n) is 13.2. The maximum atomic E-state index is 14.1. The first kappa shape index (κ1) is 26.1. The summed E-state index contributed by atoms with van der Waals surface area (Å²) in [4.78, 5) is 41.4. The maximum Gasteiger partial charge on any atom is 0.249 e. The quantitative estimate of drug-likeness (QED) is 0.326. The van der Waals surface area contributed by atoms with E-state index in [1.165, 1.54) is 28.6 Å². The van der Waals surface area contributed by atoms with Crippen LogP contribution in [-0.2, 0) is 16.1 Å². The highest BCUT2D eigenvalue weighted by Crippen LogP contribution is 2.31. The van der Waals surface area contributed by atoms with Crippen molar-refractivity contribution in [3.63, 3.8) is 0 Å². The summed E-state index contributed by atoms with van der Waals surface area (Å²) < 4.78 is 1.52. The SMILES string of the molecule is CC(=O)c1ccc(N(C(=O)Cn2nnc3ccccc32)C(C(=O)NC2CCCCC2)c2ccc(O)cc2)cc1. The molecule has 0 aliphatic heterocycles. The Morgan fingerprint density at radius 2 is 1.67 bits per heavy atom. The Hall–Kier alpha value is -4.53. The number of Topliss-reactive ketones (excluding diaryl/α,β-unsaturated/α-hetero) is 1. The summed E-state index contributed by atoms with van der Waals surface area (Å²) in [6, 6.07) is 19.3. The largest absolute Gasteiger partial charge is 0.508 e. The number of nitrogens with one attached hydrogen (secondary N) is 1. The molecule has 3 aromatic carbocycles. The average molecular weight is 526 g/mol. The van der Waals surface area contributed by atoms with E-state index in [1.807, 2.05) is 24.3 Å². The van der Waals surface area contributed by atoms with Crippen LogP contribution in [0.25, 0.3) is 11.0 Å². The van der Waals surface area contributed by atoms with E-state index in [4.69, 9.17) is 0 Å². The normalized spacial score (nSPS) is 14.6. The number of nitrogens with zero attached hydrogens (tertiary/aromatic N) is 4. The van der Waals surface area contributed by atoms with Crippen LogP contribution in [0, 0.1) is 0 Å². The highest BCUT2D eigenvalue weighted by molar-refractivity contribution is 6.02. The maximum absolute atomic E-state index is 14.1. The van der Waals surface area contributed by atoms with Gasteiger partial charge >= 0.3 is 0 Å². The molecule has 39 heavy (non-hydrogen) atoms. The predicted octanol–water partition coefficient (Wildman–Crippen LogP) is 4.56. The molecule has 1 heterocycles. The first-order valence-corrected chi connectivity index (χ1v) is 13.2. The van der Waals surface area contributed by atoms with Gasteiger partial charge in [-0.15, -0.1) is 5.10 Å². The summed E-state index contributed by atoms with van der Waals surface area (Å²) in [5, 5.41) is 21.4. The topological polar surface area (TPSA) is 117 Å². The minimum Gasteiger partial charge on any atom is -0.508 e. The molecule has 0 radical (unpaired) electrons. The van der Waals surface area contributed by atoms with E-state index < -0.39 is 6.04 Å². The van der Waals surface area contributed by atoms with Gasteiger partial charge in [0.25, 0.3) is 0 Å². The van der Waals surface area contributed by atoms with Crippen molar-refractivity contribution in [1.82, 2.24) is 20.3 Å². The molecule has 1 aliphatic rings. The predicted molar refractivity (Wildman–Crippen MR) is 147 cm³/mol. The van der Waals surface area contributed by atoms with E-state index in [1.54, 1.807) is 36.4 Å². The minimum atomic E-state index is -1.02. The zero-order chi connectivity index (χ0) is 27.4. The van der Waals surface area contributed by atoms with Crippen molar-refractivity contribution in [1.29, 1.82) is 0 Å². The summed E-state index contributed by atoms with van der Waals surface area (Å²) in [5.74, 6) is -0.722. The molecule has 200 valence electrons. The van der Waals surface area contributed by atoms with Crippen molar-refractivity contribution in [3.05, 3.63) is 83.9 Å². The van der Waals surface area contributed by atoms with E-state index >= 15 is 0 Å². The number of carbonyl (C=O) groups excluding carboxylic acids is 3. The number of rotatable bonds is 8. The highest BCUT2D eigenvalue weighted by Gasteiger charge is 2.34. The van der Waals surface area contributed by atoms with E-state index in [0.717, 1.165) is 32.1 Å². The second-order valence-electron chi connectivity index (χ2n) is 9.94. The summed E-state index contributed by atoms with van der Waals surface area (Å²) in [5.41, 5.74) is 2.87. The molecular weight excluding hydrogens is 494 g/mol. The fourth-order valence-corrected chi connectivity index (χ4v) is 5.13. The number of para-hydroxylation sites is 1. The number of carbonyl (C=O) groups is 3. The molecule has 1 saturated carbocycles. The number of aromatic hydroxyl groups is 1. The zero-order valence-electron chi connectivity index (χ0n) is 21.8. The summed E-state index contributed by atoms with van der Waals surface area (Å²) >= 11 is 0.